The summed E-state index contributed by atoms with van der Waals surface area (Å²) in [6, 6.07) is 11.9. The molecule has 0 fully saturated rings. The van der Waals surface area contributed by atoms with Crippen molar-refractivity contribution in [1.29, 1.82) is 0 Å². The first kappa shape index (κ1) is 25.2. The van der Waals surface area contributed by atoms with E-state index in [9.17, 15) is 18.0 Å². The molecule has 0 amide bonds. The molecule has 0 spiro atoms. The molecule has 2 rings (SSSR count). The number of Topliss-reactive ketones (excluding diaryl/α,β-unsaturated/α-hetero) is 1. The number of ketones is 1. The van der Waals surface area contributed by atoms with Crippen LogP contribution in [0.1, 0.15) is 44.9 Å². The average Bonchev–Trinajstić information content (AvgIpc) is 2.72. The zero-order valence-corrected chi connectivity index (χ0v) is 19.7. The van der Waals surface area contributed by atoms with E-state index in [4.69, 9.17) is 4.74 Å². The minimum absolute atomic E-state index is 0.0611. The van der Waals surface area contributed by atoms with Gasteiger partial charge < -0.3 is 10.1 Å². The number of sulfonamides is 1. The van der Waals surface area contributed by atoms with Crippen molar-refractivity contribution in [2.45, 2.75) is 50.6 Å². The lowest BCUT2D eigenvalue weighted by atomic mass is 9.89. The van der Waals surface area contributed by atoms with Gasteiger partial charge in [0.05, 0.1) is 19.3 Å². The molecule has 0 saturated carbocycles. The maximum atomic E-state index is 12.4. The van der Waals surface area contributed by atoms with Gasteiger partial charge in [-0.2, -0.15) is 0 Å². The van der Waals surface area contributed by atoms with E-state index in [1.54, 1.807) is 51.1 Å². The van der Waals surface area contributed by atoms with Crippen LogP contribution in [-0.2, 0) is 30.9 Å². The summed E-state index contributed by atoms with van der Waals surface area (Å²) in [5.41, 5.74) is 0.841. The van der Waals surface area contributed by atoms with Gasteiger partial charge in [0.25, 0.3) is 0 Å². The first-order valence-corrected chi connectivity index (χ1v) is 11.5. The number of methoxy groups -OCH3 is 1. The summed E-state index contributed by atoms with van der Waals surface area (Å²) in [6.07, 6.45) is 2.76. The Hall–Kier alpha value is -3.04. The summed E-state index contributed by atoms with van der Waals surface area (Å²) in [6.45, 7) is 6.88. The number of benzene rings is 1. The van der Waals surface area contributed by atoms with E-state index in [2.05, 4.69) is 15.0 Å². The molecule has 1 heterocycles. The summed E-state index contributed by atoms with van der Waals surface area (Å²) in [7, 11) is -2.40. The minimum Gasteiger partial charge on any atom is -0.468 e. The number of hydrogen-bond acceptors (Lipinski definition) is 7. The molecule has 1 unspecified atom stereocenters. The Bertz CT molecular complexity index is 1070. The molecule has 0 aliphatic rings. The molecular formula is C23H29N3O5S. The van der Waals surface area contributed by atoms with E-state index in [-0.39, 0.29) is 22.8 Å². The third-order valence-corrected chi connectivity index (χ3v) is 6.12. The molecule has 0 bridgehead atoms. The zero-order chi connectivity index (χ0) is 23.9. The molecule has 0 aliphatic carbocycles. The van der Waals surface area contributed by atoms with Gasteiger partial charge >= 0.3 is 5.97 Å². The number of carbonyl (C=O) groups is 2. The minimum atomic E-state index is -3.68. The highest BCUT2D eigenvalue weighted by Crippen LogP contribution is 2.26. The number of hydrogen-bond donors (Lipinski definition) is 2. The van der Waals surface area contributed by atoms with E-state index < -0.39 is 27.4 Å². The van der Waals surface area contributed by atoms with Crippen LogP contribution in [0.15, 0.2) is 65.3 Å². The van der Waals surface area contributed by atoms with Crippen LogP contribution >= 0.6 is 0 Å². The highest BCUT2D eigenvalue weighted by molar-refractivity contribution is 7.89. The molecule has 32 heavy (non-hydrogen) atoms. The van der Waals surface area contributed by atoms with E-state index in [1.165, 1.54) is 32.5 Å². The van der Waals surface area contributed by atoms with Gasteiger partial charge in [0.1, 0.15) is 10.8 Å². The topological polar surface area (TPSA) is 114 Å². The second kappa shape index (κ2) is 10.5. The van der Waals surface area contributed by atoms with Gasteiger partial charge in [-0.25, -0.2) is 13.1 Å². The Morgan fingerprint density at radius 1 is 1.12 bits per heavy atom. The van der Waals surface area contributed by atoms with Crippen LogP contribution in [0, 0.1) is 0 Å². The van der Waals surface area contributed by atoms with Crippen LogP contribution in [0.4, 0.5) is 0 Å². The van der Waals surface area contributed by atoms with Crippen LogP contribution < -0.4 is 10.0 Å². The van der Waals surface area contributed by atoms with Gasteiger partial charge in [-0.15, -0.1) is 0 Å². The molecule has 1 atom stereocenters. The van der Waals surface area contributed by atoms with E-state index >= 15 is 0 Å². The maximum Gasteiger partial charge on any atom is 0.317 e. The van der Waals surface area contributed by atoms with Crippen molar-refractivity contribution >= 4 is 21.8 Å². The molecule has 172 valence electrons. The monoisotopic (exact) mass is 459 g/mol. The van der Waals surface area contributed by atoms with Crippen molar-refractivity contribution in [2.24, 2.45) is 0 Å². The number of esters is 1. The first-order chi connectivity index (χ1) is 14.9. The predicted molar refractivity (Wildman–Crippen MR) is 121 cm³/mol. The second-order valence-electron chi connectivity index (χ2n) is 8.24. The summed E-state index contributed by atoms with van der Waals surface area (Å²) in [4.78, 5) is 28.9. The number of rotatable bonds is 9. The third kappa shape index (κ3) is 7.00. The Morgan fingerprint density at radius 3 is 2.28 bits per heavy atom. The molecule has 1 aromatic heterocycles. The van der Waals surface area contributed by atoms with E-state index in [0.717, 1.165) is 0 Å². The number of aromatic nitrogens is 1. The number of ether oxygens (including phenoxy) is 1. The van der Waals surface area contributed by atoms with Crippen molar-refractivity contribution in [3.8, 4) is 0 Å². The first-order valence-electron chi connectivity index (χ1n) is 10.0. The van der Waals surface area contributed by atoms with E-state index in [1.807, 2.05) is 6.07 Å². The van der Waals surface area contributed by atoms with Crippen molar-refractivity contribution < 1.29 is 22.7 Å². The maximum absolute atomic E-state index is 12.4. The van der Waals surface area contributed by atoms with Gasteiger partial charge in [-0.1, -0.05) is 30.3 Å². The Labute approximate surface area is 189 Å². The molecular weight excluding hydrogens is 430 g/mol. The Kier molecular flexibility index (Phi) is 8.29. The largest absolute Gasteiger partial charge is 0.468 e. The number of nitrogens with one attached hydrogen (secondary N) is 2. The number of carbonyl (C=O) groups excluding carboxylic acids is 2. The summed E-state index contributed by atoms with van der Waals surface area (Å²) >= 11 is 0. The van der Waals surface area contributed by atoms with Crippen molar-refractivity contribution in [3.63, 3.8) is 0 Å². The zero-order valence-electron chi connectivity index (χ0n) is 18.9. The molecule has 1 aromatic carbocycles. The molecule has 0 aliphatic heterocycles. The fourth-order valence-corrected chi connectivity index (χ4v) is 4.36. The quantitative estimate of drug-likeness (QED) is 0.438. The van der Waals surface area contributed by atoms with Crippen molar-refractivity contribution in [1.82, 2.24) is 15.0 Å². The van der Waals surface area contributed by atoms with Crippen LogP contribution in [-0.4, -0.2) is 37.8 Å². The number of pyridine rings is 1. The highest BCUT2D eigenvalue weighted by atomic mass is 32.2. The molecule has 9 heteroatoms. The van der Waals surface area contributed by atoms with Gasteiger partial charge in [-0.05, 0) is 45.4 Å². The lowest BCUT2D eigenvalue weighted by molar-refractivity contribution is -0.142. The standard InChI is InChI=1S/C23H29N3O5S/c1-16(27)20(21(22(28)31-5)17-9-7-6-8-10-17)15-24-13-18-11-12-19(14-25-18)32(29,30)26-23(2,3)4/h6-12,14-15,21,24,26H,13H2,1-5H3/b20-15+. The van der Waals surface area contributed by atoms with E-state index in [0.29, 0.717) is 11.3 Å². The molecule has 0 radical (unpaired) electrons. The normalized spacial score (nSPS) is 13.3. The molecule has 2 aromatic rings. The molecule has 2 N–H and O–H groups in total. The number of nitrogens with zero attached hydrogens (tertiary/aromatic N) is 1. The second-order valence-corrected chi connectivity index (χ2v) is 9.93. The molecule has 8 nitrogen and oxygen atoms in total. The fourth-order valence-electron chi connectivity index (χ4n) is 3.00. The fraction of sp³-hybridized carbons (Fsp3) is 0.348. The predicted octanol–water partition coefficient (Wildman–Crippen LogP) is 2.68. The van der Waals surface area contributed by atoms with Gasteiger partial charge in [0.15, 0.2) is 5.78 Å². The Morgan fingerprint density at radius 2 is 1.78 bits per heavy atom. The van der Waals surface area contributed by atoms with Crippen LogP contribution in [0.25, 0.3) is 0 Å². The summed E-state index contributed by atoms with van der Waals surface area (Å²) < 4.78 is 32.2. The van der Waals surface area contributed by atoms with Gasteiger partial charge in [0.2, 0.25) is 10.0 Å². The van der Waals surface area contributed by atoms with Gasteiger partial charge in [-0.3, -0.25) is 14.6 Å². The SMILES string of the molecule is COC(=O)C(/C(=C/NCc1ccc(S(=O)(=O)NC(C)(C)C)cn1)C(C)=O)c1ccccc1. The van der Waals surface area contributed by atoms with Crippen LogP contribution in [0.2, 0.25) is 0 Å². The van der Waals surface area contributed by atoms with Crippen molar-refractivity contribution in [3.05, 3.63) is 71.7 Å². The van der Waals surface area contributed by atoms with Gasteiger partial charge in [0, 0.05) is 23.5 Å². The lowest BCUT2D eigenvalue weighted by Crippen LogP contribution is -2.40. The summed E-state index contributed by atoms with van der Waals surface area (Å²) in [5, 5.41) is 2.99. The molecule has 0 saturated heterocycles. The third-order valence-electron chi connectivity index (χ3n) is 4.38. The Balaban J connectivity index is 2.19. The highest BCUT2D eigenvalue weighted by Gasteiger charge is 2.28. The van der Waals surface area contributed by atoms with Crippen LogP contribution in [0.5, 0.6) is 0 Å². The van der Waals surface area contributed by atoms with Crippen LogP contribution in [0.3, 0.4) is 0 Å². The lowest BCUT2D eigenvalue weighted by Gasteiger charge is -2.20. The smallest absolute Gasteiger partial charge is 0.317 e. The average molecular weight is 460 g/mol. The summed E-state index contributed by atoms with van der Waals surface area (Å²) in [5.74, 6) is -1.69. The van der Waals surface area contributed by atoms with Crippen molar-refractivity contribution in [2.75, 3.05) is 7.11 Å².